The third-order valence-corrected chi connectivity index (χ3v) is 9.33. The van der Waals surface area contributed by atoms with E-state index in [-0.39, 0.29) is 10.8 Å². The topological polar surface area (TPSA) is 79.4 Å². The molecule has 0 bridgehead atoms. The number of rotatable bonds is 6. The Bertz CT molecular complexity index is 1660. The van der Waals surface area contributed by atoms with Crippen molar-refractivity contribution in [3.05, 3.63) is 120 Å². The first-order valence-corrected chi connectivity index (χ1v) is 14.4. The Balaban J connectivity index is 1.25. The first-order chi connectivity index (χ1) is 18.5. The molecule has 0 fully saturated rings. The molecule has 1 aliphatic rings. The zero-order chi connectivity index (χ0) is 26.1. The highest BCUT2D eigenvalue weighted by Gasteiger charge is 2.30. The second-order valence-electron chi connectivity index (χ2n) is 8.86. The molecule has 0 atom stereocenters. The van der Waals surface area contributed by atoms with Gasteiger partial charge in [0.25, 0.3) is 15.9 Å². The van der Waals surface area contributed by atoms with E-state index in [0.717, 1.165) is 27.3 Å². The zero-order valence-corrected chi connectivity index (χ0v) is 21.9. The van der Waals surface area contributed by atoms with Crippen LogP contribution in [-0.2, 0) is 16.4 Å². The monoisotopic (exact) mass is 537 g/mol. The molecule has 188 valence electrons. The van der Waals surface area contributed by atoms with E-state index in [4.69, 9.17) is 4.98 Å². The van der Waals surface area contributed by atoms with Crippen LogP contribution >= 0.6 is 11.3 Å². The smallest absolute Gasteiger partial charge is 0.264 e. The second kappa shape index (κ2) is 9.89. The van der Waals surface area contributed by atoms with Crippen molar-refractivity contribution in [2.45, 2.75) is 11.3 Å². The third-order valence-electron chi connectivity index (χ3n) is 6.48. The Labute approximate surface area is 225 Å². The van der Waals surface area contributed by atoms with Crippen molar-refractivity contribution >= 4 is 38.1 Å². The molecule has 1 aromatic heterocycles. The number of hydrogen-bond acceptors (Lipinski definition) is 5. The van der Waals surface area contributed by atoms with Crippen LogP contribution in [0.5, 0.6) is 0 Å². The summed E-state index contributed by atoms with van der Waals surface area (Å²) in [6, 6.07) is 33.3. The van der Waals surface area contributed by atoms with Gasteiger partial charge in [0.15, 0.2) is 5.13 Å². The van der Waals surface area contributed by atoms with Gasteiger partial charge in [-0.25, -0.2) is 13.4 Å². The van der Waals surface area contributed by atoms with Gasteiger partial charge >= 0.3 is 0 Å². The van der Waals surface area contributed by atoms with Gasteiger partial charge in [-0.3, -0.25) is 14.4 Å². The Morgan fingerprint density at radius 2 is 1.42 bits per heavy atom. The molecular formula is C30H23N3O3S2. The van der Waals surface area contributed by atoms with Crippen LogP contribution in [0, 0.1) is 0 Å². The molecule has 1 aliphatic heterocycles. The fourth-order valence-corrected chi connectivity index (χ4v) is 7.07. The van der Waals surface area contributed by atoms with Gasteiger partial charge in [-0.2, -0.15) is 0 Å². The Morgan fingerprint density at radius 3 is 2.13 bits per heavy atom. The lowest BCUT2D eigenvalue weighted by Gasteiger charge is -2.19. The number of hydrogen-bond donors (Lipinski definition) is 1. The van der Waals surface area contributed by atoms with Gasteiger partial charge in [0, 0.05) is 17.7 Å². The number of amides is 1. The van der Waals surface area contributed by atoms with Crippen molar-refractivity contribution in [3.63, 3.8) is 0 Å². The number of anilines is 2. The van der Waals surface area contributed by atoms with Crippen molar-refractivity contribution in [3.8, 4) is 21.7 Å². The van der Waals surface area contributed by atoms with Crippen LogP contribution in [0.2, 0.25) is 0 Å². The number of sulfonamides is 1. The number of carbonyl (C=O) groups is 1. The Kier molecular flexibility index (Phi) is 6.27. The van der Waals surface area contributed by atoms with E-state index in [1.54, 1.807) is 0 Å². The summed E-state index contributed by atoms with van der Waals surface area (Å²) in [5.41, 5.74) is 4.85. The van der Waals surface area contributed by atoms with Gasteiger partial charge < -0.3 is 0 Å². The number of thiazole rings is 1. The summed E-state index contributed by atoms with van der Waals surface area (Å²) in [5, 5.41) is 3.36. The summed E-state index contributed by atoms with van der Waals surface area (Å²) in [6.07, 6.45) is 0.680. The normalized spacial score (nSPS) is 12.8. The minimum atomic E-state index is -3.73. The standard InChI is InChI=1S/C30H23N3O3S2/c34-29(24-15-17-25(18-16-24)38(35,36)33-20-19-21-9-7-8-14-26(21)33)32-30-31-27(22-10-3-1-4-11-22)28(37-30)23-12-5-2-6-13-23/h1-18H,19-20H2,(H,31,32,34). The second-order valence-corrected chi connectivity index (χ2v) is 11.7. The van der Waals surface area contributed by atoms with Gasteiger partial charge in [0.05, 0.1) is 21.2 Å². The molecule has 38 heavy (non-hydrogen) atoms. The highest BCUT2D eigenvalue weighted by molar-refractivity contribution is 7.92. The highest BCUT2D eigenvalue weighted by atomic mass is 32.2. The van der Waals surface area contributed by atoms with E-state index >= 15 is 0 Å². The van der Waals surface area contributed by atoms with Crippen LogP contribution in [0.15, 0.2) is 114 Å². The maximum atomic E-state index is 13.3. The lowest BCUT2D eigenvalue weighted by Crippen LogP contribution is -2.29. The predicted molar refractivity (Wildman–Crippen MR) is 152 cm³/mol. The molecule has 1 N–H and O–H groups in total. The van der Waals surface area contributed by atoms with Crippen molar-refractivity contribution in [1.82, 2.24) is 4.98 Å². The molecule has 6 rings (SSSR count). The molecule has 6 nitrogen and oxygen atoms in total. The largest absolute Gasteiger partial charge is 0.298 e. The minimum Gasteiger partial charge on any atom is -0.298 e. The van der Waals surface area contributed by atoms with Gasteiger partial charge in [-0.15, -0.1) is 0 Å². The van der Waals surface area contributed by atoms with Gasteiger partial charge in [0.2, 0.25) is 0 Å². The molecule has 0 aliphatic carbocycles. The number of fused-ring (bicyclic) bond motifs is 1. The molecule has 8 heteroatoms. The third kappa shape index (κ3) is 4.49. The van der Waals surface area contributed by atoms with Crippen LogP contribution in [0.4, 0.5) is 10.8 Å². The van der Waals surface area contributed by atoms with Crippen LogP contribution < -0.4 is 9.62 Å². The number of nitrogens with zero attached hydrogens (tertiary/aromatic N) is 2. The van der Waals surface area contributed by atoms with E-state index in [1.165, 1.54) is 39.9 Å². The summed E-state index contributed by atoms with van der Waals surface area (Å²) in [6.45, 7) is 0.404. The summed E-state index contributed by atoms with van der Waals surface area (Å²) in [5.74, 6) is -0.353. The summed E-state index contributed by atoms with van der Waals surface area (Å²) in [7, 11) is -3.73. The molecule has 0 spiro atoms. The number of benzene rings is 4. The average molecular weight is 538 g/mol. The highest BCUT2D eigenvalue weighted by Crippen LogP contribution is 2.39. The number of carbonyl (C=O) groups excluding carboxylic acids is 1. The maximum absolute atomic E-state index is 13.3. The minimum absolute atomic E-state index is 0.151. The first kappa shape index (κ1) is 24.1. The maximum Gasteiger partial charge on any atom is 0.264 e. The SMILES string of the molecule is O=C(Nc1nc(-c2ccccc2)c(-c2ccccc2)s1)c1ccc(S(=O)(=O)N2CCc3ccccc32)cc1. The summed E-state index contributed by atoms with van der Waals surface area (Å²) < 4.78 is 28.0. The van der Waals surface area contributed by atoms with Crippen molar-refractivity contribution in [2.75, 3.05) is 16.2 Å². The molecule has 5 aromatic rings. The summed E-state index contributed by atoms with van der Waals surface area (Å²) >= 11 is 1.40. The average Bonchev–Trinajstić information content (AvgIpc) is 3.59. The van der Waals surface area contributed by atoms with E-state index in [2.05, 4.69) is 5.32 Å². The number of aromatic nitrogens is 1. The lowest BCUT2D eigenvalue weighted by molar-refractivity contribution is 0.102. The summed E-state index contributed by atoms with van der Waals surface area (Å²) in [4.78, 5) is 18.9. The predicted octanol–water partition coefficient (Wildman–Crippen LogP) is 6.48. The Hall–Kier alpha value is -4.27. The van der Waals surface area contributed by atoms with Crippen molar-refractivity contribution in [2.24, 2.45) is 0 Å². The Morgan fingerprint density at radius 1 is 0.789 bits per heavy atom. The van der Waals surface area contributed by atoms with Crippen LogP contribution in [0.3, 0.4) is 0 Å². The first-order valence-electron chi connectivity index (χ1n) is 12.1. The zero-order valence-electron chi connectivity index (χ0n) is 20.2. The molecule has 1 amide bonds. The molecule has 4 aromatic carbocycles. The van der Waals surface area contributed by atoms with Gasteiger partial charge in [0.1, 0.15) is 0 Å². The molecule has 0 radical (unpaired) electrons. The van der Waals surface area contributed by atoms with Crippen LogP contribution in [0.25, 0.3) is 21.7 Å². The van der Waals surface area contributed by atoms with Crippen LogP contribution in [-0.4, -0.2) is 25.9 Å². The van der Waals surface area contributed by atoms with Crippen LogP contribution in [0.1, 0.15) is 15.9 Å². The molecule has 2 heterocycles. The van der Waals surface area contributed by atoms with E-state index in [1.807, 2.05) is 84.9 Å². The van der Waals surface area contributed by atoms with E-state index in [0.29, 0.717) is 29.3 Å². The molecular weight excluding hydrogens is 514 g/mol. The van der Waals surface area contributed by atoms with Gasteiger partial charge in [-0.05, 0) is 47.9 Å². The molecule has 0 saturated heterocycles. The van der Waals surface area contributed by atoms with Gasteiger partial charge in [-0.1, -0.05) is 90.2 Å². The fraction of sp³-hybridized carbons (Fsp3) is 0.0667. The molecule has 0 saturated carbocycles. The van der Waals surface area contributed by atoms with Crippen molar-refractivity contribution < 1.29 is 13.2 Å². The number of para-hydroxylation sites is 1. The van der Waals surface area contributed by atoms with Crippen molar-refractivity contribution in [1.29, 1.82) is 0 Å². The van der Waals surface area contributed by atoms with E-state index in [9.17, 15) is 13.2 Å². The lowest BCUT2D eigenvalue weighted by atomic mass is 10.1. The molecule has 0 unspecified atom stereocenters. The number of nitrogens with one attached hydrogen (secondary N) is 1. The van der Waals surface area contributed by atoms with E-state index < -0.39 is 10.0 Å². The quantitative estimate of drug-likeness (QED) is 0.269. The fourth-order valence-electron chi connectivity index (χ4n) is 4.58.